The van der Waals surface area contributed by atoms with E-state index in [1.54, 1.807) is 0 Å². The van der Waals surface area contributed by atoms with E-state index >= 15 is 0 Å². The smallest absolute Gasteiger partial charge is 0.0787 e. The molecule has 6 heteroatoms. The SMILES string of the molecule is CC(C)c1cc(N(CCC(O)CO)CCC(O)CO)ccc1N. The van der Waals surface area contributed by atoms with E-state index in [4.69, 9.17) is 15.9 Å². The number of rotatable bonds is 10. The van der Waals surface area contributed by atoms with Crippen LogP contribution in [0, 0.1) is 0 Å². The van der Waals surface area contributed by atoms with Crippen LogP contribution in [0.25, 0.3) is 0 Å². The first-order chi connectivity index (χ1) is 10.9. The third-order valence-electron chi connectivity index (χ3n) is 3.94. The van der Waals surface area contributed by atoms with Gasteiger partial charge in [-0.25, -0.2) is 0 Å². The summed E-state index contributed by atoms with van der Waals surface area (Å²) in [5.74, 6) is 0.294. The Labute approximate surface area is 138 Å². The van der Waals surface area contributed by atoms with Gasteiger partial charge in [-0.15, -0.1) is 0 Å². The van der Waals surface area contributed by atoms with Crippen molar-refractivity contribution in [3.05, 3.63) is 23.8 Å². The average Bonchev–Trinajstić information content (AvgIpc) is 2.54. The molecule has 1 aromatic carbocycles. The summed E-state index contributed by atoms with van der Waals surface area (Å²) in [6.07, 6.45) is -0.683. The van der Waals surface area contributed by atoms with Crippen LogP contribution < -0.4 is 10.6 Å². The first-order valence-corrected chi connectivity index (χ1v) is 8.11. The molecule has 6 nitrogen and oxygen atoms in total. The second kappa shape index (κ2) is 9.72. The molecule has 0 heterocycles. The van der Waals surface area contributed by atoms with Crippen molar-refractivity contribution in [2.24, 2.45) is 0 Å². The van der Waals surface area contributed by atoms with Crippen LogP contribution in [-0.2, 0) is 0 Å². The lowest BCUT2D eigenvalue weighted by atomic mass is 10.00. The Hall–Kier alpha value is -1.34. The van der Waals surface area contributed by atoms with Crippen LogP contribution in [0.1, 0.15) is 38.2 Å². The Bertz CT molecular complexity index is 454. The van der Waals surface area contributed by atoms with Gasteiger partial charge in [0.15, 0.2) is 0 Å². The molecule has 2 unspecified atom stereocenters. The fourth-order valence-corrected chi connectivity index (χ4v) is 2.42. The van der Waals surface area contributed by atoms with E-state index in [0.29, 0.717) is 31.8 Å². The van der Waals surface area contributed by atoms with Gasteiger partial charge in [0, 0.05) is 24.5 Å². The molecule has 0 aliphatic heterocycles. The van der Waals surface area contributed by atoms with E-state index in [1.165, 1.54) is 0 Å². The van der Waals surface area contributed by atoms with E-state index < -0.39 is 12.2 Å². The maximum absolute atomic E-state index is 9.58. The number of anilines is 2. The number of nitrogens with zero attached hydrogens (tertiary/aromatic N) is 1. The summed E-state index contributed by atoms with van der Waals surface area (Å²) in [6, 6.07) is 5.80. The lowest BCUT2D eigenvalue weighted by Gasteiger charge is -2.28. The summed E-state index contributed by atoms with van der Waals surface area (Å²) >= 11 is 0. The van der Waals surface area contributed by atoms with Crippen LogP contribution in [0.5, 0.6) is 0 Å². The van der Waals surface area contributed by atoms with Gasteiger partial charge in [0.25, 0.3) is 0 Å². The van der Waals surface area contributed by atoms with E-state index in [2.05, 4.69) is 13.8 Å². The highest BCUT2D eigenvalue weighted by molar-refractivity contribution is 5.59. The fraction of sp³-hybridized carbons (Fsp3) is 0.647. The molecular weight excluding hydrogens is 296 g/mol. The van der Waals surface area contributed by atoms with Crippen LogP contribution in [0.3, 0.4) is 0 Å². The predicted molar refractivity (Wildman–Crippen MR) is 92.6 cm³/mol. The summed E-state index contributed by atoms with van der Waals surface area (Å²) in [5.41, 5.74) is 8.77. The van der Waals surface area contributed by atoms with Crippen LogP contribution in [0.15, 0.2) is 18.2 Å². The maximum atomic E-state index is 9.58. The molecular formula is C17H30N2O4. The van der Waals surface area contributed by atoms with Crippen molar-refractivity contribution in [3.63, 3.8) is 0 Å². The topological polar surface area (TPSA) is 110 Å². The molecule has 1 rings (SSSR count). The van der Waals surface area contributed by atoms with Gasteiger partial charge in [-0.2, -0.15) is 0 Å². The number of hydrogen-bond donors (Lipinski definition) is 5. The van der Waals surface area contributed by atoms with Gasteiger partial charge in [0.1, 0.15) is 0 Å². The zero-order chi connectivity index (χ0) is 17.4. The largest absolute Gasteiger partial charge is 0.398 e. The van der Waals surface area contributed by atoms with Gasteiger partial charge < -0.3 is 31.1 Å². The van der Waals surface area contributed by atoms with Crippen LogP contribution in [0.2, 0.25) is 0 Å². The minimum Gasteiger partial charge on any atom is -0.398 e. The summed E-state index contributed by atoms with van der Waals surface area (Å²) in [4.78, 5) is 2.03. The molecule has 0 saturated carbocycles. The molecule has 0 aromatic heterocycles. The first-order valence-electron chi connectivity index (χ1n) is 8.11. The highest BCUT2D eigenvalue weighted by Crippen LogP contribution is 2.27. The molecule has 2 atom stereocenters. The molecule has 132 valence electrons. The van der Waals surface area contributed by atoms with Gasteiger partial charge in [-0.05, 0) is 42.5 Å². The van der Waals surface area contributed by atoms with Crippen molar-refractivity contribution in [3.8, 4) is 0 Å². The van der Waals surface area contributed by atoms with Gasteiger partial charge in [0.2, 0.25) is 0 Å². The normalized spacial score (nSPS) is 14.0. The zero-order valence-electron chi connectivity index (χ0n) is 14.0. The average molecular weight is 326 g/mol. The maximum Gasteiger partial charge on any atom is 0.0787 e. The molecule has 0 radical (unpaired) electrons. The molecule has 0 aliphatic rings. The standard InChI is InChI=1S/C17H30N2O4/c1-12(2)16-9-13(3-4-17(16)18)19(7-5-14(22)10-20)8-6-15(23)11-21/h3-4,9,12,14-15,20-23H,5-8,10-11,18H2,1-2H3. The van der Waals surface area contributed by atoms with E-state index in [-0.39, 0.29) is 13.2 Å². The van der Waals surface area contributed by atoms with Crippen molar-refractivity contribution in [2.45, 2.75) is 44.8 Å². The van der Waals surface area contributed by atoms with E-state index in [9.17, 15) is 10.2 Å². The van der Waals surface area contributed by atoms with Crippen molar-refractivity contribution < 1.29 is 20.4 Å². The molecule has 6 N–H and O–H groups in total. The highest BCUT2D eigenvalue weighted by Gasteiger charge is 2.14. The molecule has 0 aliphatic carbocycles. The molecule has 23 heavy (non-hydrogen) atoms. The lowest BCUT2D eigenvalue weighted by Crippen LogP contribution is -2.32. The minimum absolute atomic E-state index is 0.272. The molecule has 0 bridgehead atoms. The zero-order valence-corrected chi connectivity index (χ0v) is 14.0. The van der Waals surface area contributed by atoms with E-state index in [0.717, 1.165) is 16.9 Å². The number of hydrogen-bond acceptors (Lipinski definition) is 6. The van der Waals surface area contributed by atoms with Crippen molar-refractivity contribution in [1.29, 1.82) is 0 Å². The third kappa shape index (κ3) is 6.35. The van der Waals surface area contributed by atoms with E-state index in [1.807, 2.05) is 23.1 Å². The number of aliphatic hydroxyl groups is 4. The number of nitrogen functional groups attached to an aromatic ring is 1. The predicted octanol–water partition coefficient (Wildman–Crippen LogP) is 0.685. The number of benzene rings is 1. The van der Waals surface area contributed by atoms with Crippen molar-refractivity contribution >= 4 is 11.4 Å². The van der Waals surface area contributed by atoms with Crippen LogP contribution >= 0.6 is 0 Å². The van der Waals surface area contributed by atoms with Gasteiger partial charge >= 0.3 is 0 Å². The fourth-order valence-electron chi connectivity index (χ4n) is 2.42. The van der Waals surface area contributed by atoms with Crippen LogP contribution in [-0.4, -0.2) is 58.9 Å². The molecule has 0 spiro atoms. The summed E-state index contributed by atoms with van der Waals surface area (Å²) in [7, 11) is 0. The highest BCUT2D eigenvalue weighted by atomic mass is 16.3. The molecule has 0 saturated heterocycles. The van der Waals surface area contributed by atoms with Gasteiger partial charge in [-0.1, -0.05) is 13.8 Å². The number of aliphatic hydroxyl groups excluding tert-OH is 4. The van der Waals surface area contributed by atoms with Gasteiger partial charge in [-0.3, -0.25) is 0 Å². The van der Waals surface area contributed by atoms with Gasteiger partial charge in [0.05, 0.1) is 25.4 Å². The molecule has 1 aromatic rings. The summed E-state index contributed by atoms with van der Waals surface area (Å²) in [5, 5.41) is 37.1. The Morgan fingerprint density at radius 3 is 1.96 bits per heavy atom. The summed E-state index contributed by atoms with van der Waals surface area (Å²) < 4.78 is 0. The second-order valence-electron chi connectivity index (χ2n) is 6.21. The second-order valence-corrected chi connectivity index (χ2v) is 6.21. The first kappa shape index (κ1) is 19.7. The summed E-state index contributed by atoms with van der Waals surface area (Å²) in [6.45, 7) is 4.69. The monoisotopic (exact) mass is 326 g/mol. The minimum atomic E-state index is -0.765. The lowest BCUT2D eigenvalue weighted by molar-refractivity contribution is 0.0854. The van der Waals surface area contributed by atoms with Crippen LogP contribution in [0.4, 0.5) is 11.4 Å². The van der Waals surface area contributed by atoms with Crippen molar-refractivity contribution in [1.82, 2.24) is 0 Å². The molecule has 0 amide bonds. The third-order valence-corrected chi connectivity index (χ3v) is 3.94. The quantitative estimate of drug-likeness (QED) is 0.405. The molecule has 0 fully saturated rings. The van der Waals surface area contributed by atoms with Crippen molar-refractivity contribution in [2.75, 3.05) is 36.9 Å². The Balaban J connectivity index is 2.90. The Morgan fingerprint density at radius 2 is 1.52 bits per heavy atom. The Morgan fingerprint density at radius 1 is 1.00 bits per heavy atom. The Kier molecular flexibility index (Phi) is 8.33. The number of nitrogens with two attached hydrogens (primary N) is 1.